The second-order valence-electron chi connectivity index (χ2n) is 7.81. The van der Waals surface area contributed by atoms with Gasteiger partial charge in [-0.3, -0.25) is 4.79 Å². The summed E-state index contributed by atoms with van der Waals surface area (Å²) in [4.78, 5) is 25.6. The maximum atomic E-state index is 13.4. The Morgan fingerprint density at radius 2 is 2.03 bits per heavy atom. The Bertz CT molecular complexity index is 882. The summed E-state index contributed by atoms with van der Waals surface area (Å²) in [5.74, 6) is 1.40. The summed E-state index contributed by atoms with van der Waals surface area (Å²) < 4.78 is 19.1. The topological polar surface area (TPSA) is 58.6 Å². The van der Waals surface area contributed by atoms with Crippen LogP contribution in [0.15, 0.2) is 30.6 Å². The first-order chi connectivity index (χ1) is 15.0. The Balaban J connectivity index is 1.64. The van der Waals surface area contributed by atoms with Crippen LogP contribution in [0, 0.1) is 11.7 Å². The summed E-state index contributed by atoms with van der Waals surface area (Å²) in [6.07, 6.45) is 6.38. The first kappa shape index (κ1) is 23.3. The third-order valence-electron chi connectivity index (χ3n) is 5.62. The van der Waals surface area contributed by atoms with Gasteiger partial charge in [0.05, 0.1) is 5.02 Å². The van der Waals surface area contributed by atoms with Crippen molar-refractivity contribution in [1.82, 2.24) is 14.9 Å². The van der Waals surface area contributed by atoms with Crippen molar-refractivity contribution in [2.45, 2.75) is 46.0 Å². The van der Waals surface area contributed by atoms with E-state index in [0.29, 0.717) is 24.7 Å². The van der Waals surface area contributed by atoms with Gasteiger partial charge in [-0.1, -0.05) is 38.3 Å². The molecule has 1 aromatic heterocycles. The zero-order valence-corrected chi connectivity index (χ0v) is 18.9. The summed E-state index contributed by atoms with van der Waals surface area (Å²) in [6, 6.07) is 5.92. The van der Waals surface area contributed by atoms with Crippen molar-refractivity contribution in [3.63, 3.8) is 0 Å². The minimum absolute atomic E-state index is 0.00613. The van der Waals surface area contributed by atoms with Gasteiger partial charge in [-0.2, -0.15) is 0 Å². The number of unbranched alkanes of at least 4 members (excludes halogenated alkanes) is 1. The molecule has 0 saturated carbocycles. The third kappa shape index (κ3) is 6.29. The van der Waals surface area contributed by atoms with Crippen LogP contribution >= 0.6 is 11.6 Å². The summed E-state index contributed by atoms with van der Waals surface area (Å²) in [5, 5.41) is -0.00613. The van der Waals surface area contributed by atoms with Crippen molar-refractivity contribution in [3.05, 3.63) is 41.4 Å². The lowest BCUT2D eigenvalue weighted by atomic mass is 9.97. The van der Waals surface area contributed by atoms with Gasteiger partial charge in [0.25, 0.3) is 0 Å². The number of amides is 1. The van der Waals surface area contributed by atoms with E-state index in [1.54, 1.807) is 6.07 Å². The Morgan fingerprint density at radius 1 is 1.19 bits per heavy atom. The molecule has 31 heavy (non-hydrogen) atoms. The van der Waals surface area contributed by atoms with E-state index in [-0.39, 0.29) is 16.8 Å². The van der Waals surface area contributed by atoms with Gasteiger partial charge in [0.15, 0.2) is 0 Å². The lowest BCUT2D eigenvalue weighted by Gasteiger charge is -2.26. The highest BCUT2D eigenvalue weighted by atomic mass is 35.5. The maximum absolute atomic E-state index is 13.4. The third-order valence-corrected chi connectivity index (χ3v) is 5.91. The van der Waals surface area contributed by atoms with Crippen molar-refractivity contribution in [2.24, 2.45) is 5.92 Å². The number of anilines is 1. The number of benzene rings is 1. The number of hydrogen-bond acceptors (Lipinski definition) is 5. The Hall–Kier alpha value is -2.41. The first-order valence-corrected chi connectivity index (χ1v) is 11.4. The van der Waals surface area contributed by atoms with Gasteiger partial charge in [-0.25, -0.2) is 14.4 Å². The summed E-state index contributed by atoms with van der Waals surface area (Å²) in [7, 11) is 0. The SMILES string of the molecule is CCCCC(CC)C(=O)N1CCCN(c2cc(Oc3ccc(F)c(Cl)c3)ncn2)CC1. The van der Waals surface area contributed by atoms with Crippen molar-refractivity contribution in [3.8, 4) is 11.6 Å². The van der Waals surface area contributed by atoms with Crippen LogP contribution in [0.25, 0.3) is 0 Å². The van der Waals surface area contributed by atoms with Gasteiger partial charge < -0.3 is 14.5 Å². The van der Waals surface area contributed by atoms with Gasteiger partial charge >= 0.3 is 0 Å². The highest BCUT2D eigenvalue weighted by molar-refractivity contribution is 6.30. The van der Waals surface area contributed by atoms with Crippen molar-refractivity contribution in [1.29, 1.82) is 0 Å². The van der Waals surface area contributed by atoms with E-state index in [0.717, 1.165) is 51.0 Å². The van der Waals surface area contributed by atoms with Crippen LogP contribution < -0.4 is 9.64 Å². The number of halogens is 2. The fourth-order valence-corrected chi connectivity index (χ4v) is 3.97. The van der Waals surface area contributed by atoms with Gasteiger partial charge in [-0.15, -0.1) is 0 Å². The predicted molar refractivity (Wildman–Crippen MR) is 120 cm³/mol. The fraction of sp³-hybridized carbons (Fsp3) is 0.522. The van der Waals surface area contributed by atoms with Crippen LogP contribution in [-0.2, 0) is 4.79 Å². The molecule has 1 aliphatic rings. The molecule has 0 bridgehead atoms. The van der Waals surface area contributed by atoms with Crippen LogP contribution in [0.1, 0.15) is 46.0 Å². The van der Waals surface area contributed by atoms with E-state index in [1.807, 2.05) is 4.90 Å². The van der Waals surface area contributed by atoms with Crippen LogP contribution in [0.4, 0.5) is 10.2 Å². The molecule has 0 radical (unpaired) electrons. The monoisotopic (exact) mass is 448 g/mol. The average Bonchev–Trinajstić information content (AvgIpc) is 3.03. The van der Waals surface area contributed by atoms with Crippen LogP contribution in [0.5, 0.6) is 11.6 Å². The standard InChI is InChI=1S/C23H30ClFN4O2/c1-3-5-7-17(4-2)23(30)29-11-6-10-28(12-13-29)21-15-22(27-16-26-21)31-18-8-9-20(25)19(24)14-18/h8-9,14-17H,3-7,10-13H2,1-2H3. The molecule has 0 aliphatic carbocycles. The summed E-state index contributed by atoms with van der Waals surface area (Å²) in [6.45, 7) is 7.20. The van der Waals surface area contributed by atoms with E-state index >= 15 is 0 Å². The molecule has 168 valence electrons. The van der Waals surface area contributed by atoms with E-state index in [4.69, 9.17) is 16.3 Å². The largest absolute Gasteiger partial charge is 0.439 e. The second kappa shape index (κ2) is 11.3. The van der Waals surface area contributed by atoms with Gasteiger partial charge in [0.1, 0.15) is 23.7 Å². The number of ether oxygens (including phenoxy) is 1. The van der Waals surface area contributed by atoms with E-state index in [1.165, 1.54) is 24.5 Å². The quantitative estimate of drug-likeness (QED) is 0.547. The fourth-order valence-electron chi connectivity index (χ4n) is 3.80. The normalized spacial score (nSPS) is 15.5. The number of carbonyl (C=O) groups excluding carboxylic acids is 1. The van der Waals surface area contributed by atoms with Crippen molar-refractivity contribution < 1.29 is 13.9 Å². The average molecular weight is 449 g/mol. The van der Waals surface area contributed by atoms with Crippen LogP contribution in [0.3, 0.4) is 0 Å². The molecule has 3 rings (SSSR count). The van der Waals surface area contributed by atoms with Crippen molar-refractivity contribution >= 4 is 23.3 Å². The Morgan fingerprint density at radius 3 is 2.77 bits per heavy atom. The summed E-state index contributed by atoms with van der Waals surface area (Å²) in [5.41, 5.74) is 0. The lowest BCUT2D eigenvalue weighted by Crippen LogP contribution is -2.39. The minimum atomic E-state index is -0.499. The van der Waals surface area contributed by atoms with Gasteiger partial charge in [0.2, 0.25) is 11.8 Å². The first-order valence-electron chi connectivity index (χ1n) is 11.0. The number of carbonyl (C=O) groups is 1. The molecule has 6 nitrogen and oxygen atoms in total. The molecule has 1 amide bonds. The smallest absolute Gasteiger partial charge is 0.225 e. The molecule has 1 atom stereocenters. The second-order valence-corrected chi connectivity index (χ2v) is 8.21. The molecule has 2 heterocycles. The number of nitrogens with zero attached hydrogens (tertiary/aromatic N) is 4. The molecule has 1 fully saturated rings. The molecule has 1 saturated heterocycles. The highest BCUT2D eigenvalue weighted by Crippen LogP contribution is 2.27. The van der Waals surface area contributed by atoms with E-state index in [9.17, 15) is 9.18 Å². The van der Waals surface area contributed by atoms with Crippen molar-refractivity contribution in [2.75, 3.05) is 31.1 Å². The van der Waals surface area contributed by atoms with Gasteiger partial charge in [0, 0.05) is 44.2 Å². The summed E-state index contributed by atoms with van der Waals surface area (Å²) >= 11 is 5.82. The van der Waals surface area contributed by atoms with E-state index in [2.05, 4.69) is 28.7 Å². The maximum Gasteiger partial charge on any atom is 0.225 e. The zero-order valence-electron chi connectivity index (χ0n) is 18.2. The lowest BCUT2D eigenvalue weighted by molar-refractivity contribution is -0.135. The van der Waals surface area contributed by atoms with E-state index < -0.39 is 5.82 Å². The molecule has 2 aromatic rings. The van der Waals surface area contributed by atoms with Crippen LogP contribution in [0.2, 0.25) is 5.02 Å². The Kier molecular flexibility index (Phi) is 8.46. The molecule has 0 N–H and O–H groups in total. The molecule has 1 aromatic carbocycles. The number of hydrogen-bond donors (Lipinski definition) is 0. The number of rotatable bonds is 8. The highest BCUT2D eigenvalue weighted by Gasteiger charge is 2.25. The number of aromatic nitrogens is 2. The predicted octanol–water partition coefficient (Wildman–Crippen LogP) is 5.32. The molecular weight excluding hydrogens is 419 g/mol. The molecule has 0 spiro atoms. The molecule has 1 unspecified atom stereocenters. The zero-order chi connectivity index (χ0) is 22.2. The van der Waals surface area contributed by atoms with Crippen LogP contribution in [-0.4, -0.2) is 47.0 Å². The molecular formula is C23H30ClFN4O2. The minimum Gasteiger partial charge on any atom is -0.439 e. The van der Waals surface area contributed by atoms with Gasteiger partial charge in [-0.05, 0) is 31.4 Å². The molecule has 1 aliphatic heterocycles. The Labute approximate surface area is 188 Å². The molecule has 8 heteroatoms.